The Morgan fingerprint density at radius 2 is 1.45 bits per heavy atom. The molecule has 22 heavy (non-hydrogen) atoms. The lowest BCUT2D eigenvalue weighted by Crippen LogP contribution is -2.30. The second kappa shape index (κ2) is 10.4. The van der Waals surface area contributed by atoms with Crippen molar-refractivity contribution >= 4 is 0 Å². The van der Waals surface area contributed by atoms with Crippen molar-refractivity contribution < 1.29 is 28.4 Å². The molecule has 6 heteroatoms. The van der Waals surface area contributed by atoms with Crippen molar-refractivity contribution in [3.63, 3.8) is 0 Å². The van der Waals surface area contributed by atoms with Crippen molar-refractivity contribution in [2.24, 2.45) is 0 Å². The number of rotatable bonds is 4. The van der Waals surface area contributed by atoms with Gasteiger partial charge in [-0.05, 0) is 24.3 Å². The van der Waals surface area contributed by atoms with Gasteiger partial charge >= 0.3 is 0 Å². The smallest absolute Gasteiger partial charge is 0.119 e. The average molecular weight is 312 g/mol. The van der Waals surface area contributed by atoms with Crippen molar-refractivity contribution in [1.82, 2.24) is 0 Å². The molecule has 1 atom stereocenters. The Kier molecular flexibility index (Phi) is 8.04. The predicted molar refractivity (Wildman–Crippen MR) is 80.7 cm³/mol. The van der Waals surface area contributed by atoms with Crippen molar-refractivity contribution in [2.75, 3.05) is 60.0 Å². The summed E-state index contributed by atoms with van der Waals surface area (Å²) < 4.78 is 32.9. The molecule has 1 fully saturated rings. The van der Waals surface area contributed by atoms with E-state index in [0.29, 0.717) is 52.9 Å². The third-order valence-corrected chi connectivity index (χ3v) is 3.12. The zero-order chi connectivity index (χ0) is 15.5. The van der Waals surface area contributed by atoms with Crippen LogP contribution < -0.4 is 9.47 Å². The minimum absolute atomic E-state index is 0.134. The van der Waals surface area contributed by atoms with Gasteiger partial charge in [-0.3, -0.25) is 0 Å². The van der Waals surface area contributed by atoms with Gasteiger partial charge in [-0.25, -0.2) is 0 Å². The molecule has 0 unspecified atom stereocenters. The van der Waals surface area contributed by atoms with E-state index in [9.17, 15) is 0 Å². The van der Waals surface area contributed by atoms with Crippen molar-refractivity contribution in [3.05, 3.63) is 24.3 Å². The SMILES string of the molecule is COc1ccc(OC[C@@H]2COCCOCCOCCO2)cc1. The molecular formula is C16H24O6. The lowest BCUT2D eigenvalue weighted by atomic mass is 10.3. The standard InChI is InChI=1S/C16H24O6/c1-17-14-2-4-15(5-3-14)22-13-16-12-20-9-8-18-6-7-19-10-11-21-16/h2-5,16H,6-13H2,1H3/t16-/m0/s1. The molecule has 6 nitrogen and oxygen atoms in total. The van der Waals surface area contributed by atoms with E-state index in [4.69, 9.17) is 28.4 Å². The van der Waals surface area contributed by atoms with Crippen molar-refractivity contribution in [3.8, 4) is 11.5 Å². The van der Waals surface area contributed by atoms with Crippen LogP contribution in [0.15, 0.2) is 24.3 Å². The summed E-state index contributed by atoms with van der Waals surface area (Å²) in [5.74, 6) is 1.57. The fraction of sp³-hybridized carbons (Fsp3) is 0.625. The Hall–Kier alpha value is -1.34. The van der Waals surface area contributed by atoms with E-state index >= 15 is 0 Å². The van der Waals surface area contributed by atoms with Gasteiger partial charge in [0.1, 0.15) is 24.2 Å². The van der Waals surface area contributed by atoms with E-state index in [1.54, 1.807) is 7.11 Å². The van der Waals surface area contributed by atoms with Crippen molar-refractivity contribution in [1.29, 1.82) is 0 Å². The molecule has 1 saturated heterocycles. The van der Waals surface area contributed by atoms with E-state index in [1.165, 1.54) is 0 Å². The summed E-state index contributed by atoms with van der Waals surface area (Å²) in [7, 11) is 1.64. The molecule has 0 spiro atoms. The summed E-state index contributed by atoms with van der Waals surface area (Å²) in [6.07, 6.45) is -0.134. The Morgan fingerprint density at radius 3 is 2.14 bits per heavy atom. The molecule has 0 bridgehead atoms. The first-order valence-electron chi connectivity index (χ1n) is 7.50. The van der Waals surface area contributed by atoms with Crippen LogP contribution in [0.3, 0.4) is 0 Å². The topological polar surface area (TPSA) is 55.4 Å². The Bertz CT molecular complexity index is 382. The maximum atomic E-state index is 5.74. The minimum Gasteiger partial charge on any atom is -0.497 e. The van der Waals surface area contributed by atoms with Crippen LogP contribution in [0.4, 0.5) is 0 Å². The zero-order valence-electron chi connectivity index (χ0n) is 13.0. The first-order valence-corrected chi connectivity index (χ1v) is 7.50. The molecule has 0 radical (unpaired) electrons. The first-order chi connectivity index (χ1) is 10.9. The average Bonchev–Trinajstić information content (AvgIpc) is 2.55. The fourth-order valence-electron chi connectivity index (χ4n) is 1.93. The highest BCUT2D eigenvalue weighted by Gasteiger charge is 2.12. The van der Waals surface area contributed by atoms with E-state index in [1.807, 2.05) is 24.3 Å². The van der Waals surface area contributed by atoms with Crippen LogP contribution in [0.5, 0.6) is 11.5 Å². The minimum atomic E-state index is -0.134. The fourth-order valence-corrected chi connectivity index (χ4v) is 1.93. The Balaban J connectivity index is 1.76. The highest BCUT2D eigenvalue weighted by molar-refractivity contribution is 5.31. The van der Waals surface area contributed by atoms with Gasteiger partial charge in [-0.2, -0.15) is 0 Å². The third kappa shape index (κ3) is 6.62. The molecule has 0 N–H and O–H groups in total. The molecule has 0 saturated carbocycles. The number of hydrogen-bond donors (Lipinski definition) is 0. The monoisotopic (exact) mass is 312 g/mol. The van der Waals surface area contributed by atoms with Crippen LogP contribution in [0.2, 0.25) is 0 Å². The number of methoxy groups -OCH3 is 1. The molecule has 2 rings (SSSR count). The van der Waals surface area contributed by atoms with Crippen LogP contribution in [0.1, 0.15) is 0 Å². The summed E-state index contributed by atoms with van der Waals surface area (Å²) in [4.78, 5) is 0. The lowest BCUT2D eigenvalue weighted by Gasteiger charge is -2.20. The molecule has 1 aliphatic heterocycles. The molecule has 1 aliphatic rings. The van der Waals surface area contributed by atoms with E-state index in [-0.39, 0.29) is 6.10 Å². The van der Waals surface area contributed by atoms with Gasteiger partial charge in [0.25, 0.3) is 0 Å². The van der Waals surface area contributed by atoms with Gasteiger partial charge in [0.05, 0.1) is 53.4 Å². The highest BCUT2D eigenvalue weighted by atomic mass is 16.6. The largest absolute Gasteiger partial charge is 0.497 e. The van der Waals surface area contributed by atoms with Gasteiger partial charge in [0.2, 0.25) is 0 Å². The second-order valence-corrected chi connectivity index (χ2v) is 4.78. The summed E-state index contributed by atoms with van der Waals surface area (Å²) in [5, 5.41) is 0. The normalized spacial score (nSPS) is 21.4. The van der Waals surface area contributed by atoms with Crippen LogP contribution >= 0.6 is 0 Å². The van der Waals surface area contributed by atoms with E-state index < -0.39 is 0 Å². The predicted octanol–water partition coefficient (Wildman–Crippen LogP) is 1.52. The molecule has 0 aromatic heterocycles. The van der Waals surface area contributed by atoms with Crippen LogP contribution in [-0.4, -0.2) is 66.1 Å². The zero-order valence-corrected chi connectivity index (χ0v) is 13.0. The van der Waals surface area contributed by atoms with Gasteiger partial charge in [0.15, 0.2) is 0 Å². The third-order valence-electron chi connectivity index (χ3n) is 3.12. The maximum absolute atomic E-state index is 5.74. The molecule has 1 aromatic carbocycles. The van der Waals surface area contributed by atoms with E-state index in [0.717, 1.165) is 11.5 Å². The maximum Gasteiger partial charge on any atom is 0.119 e. The summed E-state index contributed by atoms with van der Waals surface area (Å²) in [5.41, 5.74) is 0. The first kappa shape index (κ1) is 17.0. The molecule has 0 amide bonds. The summed E-state index contributed by atoms with van der Waals surface area (Å²) >= 11 is 0. The van der Waals surface area contributed by atoms with Crippen LogP contribution in [0.25, 0.3) is 0 Å². The lowest BCUT2D eigenvalue weighted by molar-refractivity contribution is -0.0773. The van der Waals surface area contributed by atoms with Gasteiger partial charge in [-0.1, -0.05) is 0 Å². The molecular weight excluding hydrogens is 288 g/mol. The van der Waals surface area contributed by atoms with Gasteiger partial charge in [0, 0.05) is 0 Å². The summed E-state index contributed by atoms with van der Waals surface area (Å²) in [6.45, 7) is 4.23. The number of benzene rings is 1. The highest BCUT2D eigenvalue weighted by Crippen LogP contribution is 2.17. The quantitative estimate of drug-likeness (QED) is 0.840. The van der Waals surface area contributed by atoms with Gasteiger partial charge < -0.3 is 28.4 Å². The van der Waals surface area contributed by atoms with Crippen molar-refractivity contribution in [2.45, 2.75) is 6.10 Å². The van der Waals surface area contributed by atoms with E-state index in [2.05, 4.69) is 0 Å². The molecule has 1 heterocycles. The Labute approximate surface area is 131 Å². The second-order valence-electron chi connectivity index (χ2n) is 4.78. The summed E-state index contributed by atoms with van der Waals surface area (Å²) in [6, 6.07) is 7.45. The van der Waals surface area contributed by atoms with Crippen LogP contribution in [0, 0.1) is 0 Å². The number of hydrogen-bond acceptors (Lipinski definition) is 6. The van der Waals surface area contributed by atoms with Crippen LogP contribution in [-0.2, 0) is 18.9 Å². The number of ether oxygens (including phenoxy) is 6. The molecule has 1 aromatic rings. The molecule has 0 aliphatic carbocycles. The Morgan fingerprint density at radius 1 is 0.864 bits per heavy atom. The molecule has 124 valence electrons. The van der Waals surface area contributed by atoms with Gasteiger partial charge in [-0.15, -0.1) is 0 Å².